The molecule has 0 radical (unpaired) electrons. The van der Waals surface area contributed by atoms with Gasteiger partial charge >= 0.3 is 0 Å². The van der Waals surface area contributed by atoms with Crippen molar-refractivity contribution < 1.29 is 13.6 Å². The Bertz CT molecular complexity index is 1280. The lowest BCUT2D eigenvalue weighted by Gasteiger charge is -2.25. The Kier molecular flexibility index (Phi) is 4.02. The van der Waals surface area contributed by atoms with Crippen molar-refractivity contribution in [3.8, 4) is 0 Å². The van der Waals surface area contributed by atoms with E-state index in [0.29, 0.717) is 6.54 Å². The number of benzene rings is 3. The van der Waals surface area contributed by atoms with E-state index in [1.165, 1.54) is 12.1 Å². The van der Waals surface area contributed by atoms with Crippen molar-refractivity contribution in [1.82, 2.24) is 4.90 Å². The van der Waals surface area contributed by atoms with Gasteiger partial charge in [0, 0.05) is 6.54 Å². The van der Waals surface area contributed by atoms with Crippen LogP contribution in [-0.2, 0) is 6.54 Å². The van der Waals surface area contributed by atoms with E-state index < -0.39 is 11.9 Å². The number of nitrogens with zero attached hydrogens (tertiary/aromatic N) is 1. The molecule has 4 nitrogen and oxygen atoms in total. The summed E-state index contributed by atoms with van der Waals surface area (Å²) >= 11 is 0. The lowest BCUT2D eigenvalue weighted by molar-refractivity contribution is 0.0714. The summed E-state index contributed by atoms with van der Waals surface area (Å²) < 4.78 is 19.6. The van der Waals surface area contributed by atoms with Crippen molar-refractivity contribution in [3.05, 3.63) is 117 Å². The van der Waals surface area contributed by atoms with E-state index in [-0.39, 0.29) is 33.6 Å². The maximum atomic E-state index is 13.8. The predicted molar refractivity (Wildman–Crippen MR) is 107 cm³/mol. The van der Waals surface area contributed by atoms with Crippen molar-refractivity contribution in [2.24, 2.45) is 0 Å². The smallest absolute Gasteiger partial charge is 0.291 e. The molecule has 0 bridgehead atoms. The quantitative estimate of drug-likeness (QED) is 0.515. The van der Waals surface area contributed by atoms with E-state index in [1.54, 1.807) is 4.90 Å². The first-order chi connectivity index (χ1) is 14.1. The van der Waals surface area contributed by atoms with Gasteiger partial charge in [-0.2, -0.15) is 0 Å². The summed E-state index contributed by atoms with van der Waals surface area (Å²) in [7, 11) is 0. The summed E-state index contributed by atoms with van der Waals surface area (Å²) in [6.45, 7) is 0.327. The van der Waals surface area contributed by atoms with Crippen molar-refractivity contribution in [2.75, 3.05) is 0 Å². The van der Waals surface area contributed by atoms with E-state index in [4.69, 9.17) is 4.42 Å². The summed E-state index contributed by atoms with van der Waals surface area (Å²) in [5, 5.41) is 0.138. The van der Waals surface area contributed by atoms with Crippen LogP contribution in [0.2, 0.25) is 0 Å². The molecule has 1 aromatic heterocycles. The van der Waals surface area contributed by atoms with E-state index in [9.17, 15) is 14.0 Å². The summed E-state index contributed by atoms with van der Waals surface area (Å²) in [6.07, 6.45) is 0. The Morgan fingerprint density at radius 2 is 1.59 bits per heavy atom. The number of amides is 1. The molecule has 5 heteroatoms. The van der Waals surface area contributed by atoms with Crippen LogP contribution < -0.4 is 5.43 Å². The van der Waals surface area contributed by atoms with Gasteiger partial charge in [0.15, 0.2) is 5.43 Å². The van der Waals surface area contributed by atoms with Gasteiger partial charge < -0.3 is 9.32 Å². The fraction of sp³-hybridized carbons (Fsp3) is 0.0833. The van der Waals surface area contributed by atoms with Gasteiger partial charge in [0.2, 0.25) is 5.76 Å². The molecule has 0 saturated carbocycles. The minimum Gasteiger partial charge on any atom is -0.450 e. The molecule has 142 valence electrons. The largest absolute Gasteiger partial charge is 0.450 e. The molecule has 5 rings (SSSR count). The third-order valence-corrected chi connectivity index (χ3v) is 5.24. The van der Waals surface area contributed by atoms with Crippen LogP contribution in [0, 0.1) is 5.82 Å². The molecule has 3 aromatic carbocycles. The normalized spacial score (nSPS) is 15.7. The second kappa shape index (κ2) is 6.71. The van der Waals surface area contributed by atoms with Gasteiger partial charge in [-0.15, -0.1) is 0 Å². The number of fused-ring (bicyclic) bond motifs is 2. The summed E-state index contributed by atoms with van der Waals surface area (Å²) in [6, 6.07) is 22.1. The molecule has 1 aliphatic rings. The van der Waals surface area contributed by atoms with Gasteiger partial charge in [-0.3, -0.25) is 9.59 Å². The number of carbonyl (C=O) groups is 1. The van der Waals surface area contributed by atoms with Crippen LogP contribution in [0.4, 0.5) is 4.39 Å². The second-order valence-electron chi connectivity index (χ2n) is 7.05. The molecule has 0 saturated heterocycles. The third kappa shape index (κ3) is 2.83. The van der Waals surface area contributed by atoms with Crippen LogP contribution in [0.1, 0.15) is 33.3 Å². The SMILES string of the molecule is O=C1c2oc3ccc(F)cc3c(=O)c2[C@H](c2ccccc2)N1Cc1ccccc1. The summed E-state index contributed by atoms with van der Waals surface area (Å²) in [5.41, 5.74) is 1.84. The Morgan fingerprint density at radius 1 is 0.897 bits per heavy atom. The molecule has 4 aromatic rings. The molecular formula is C24H16FNO3. The highest BCUT2D eigenvalue weighted by Crippen LogP contribution is 2.39. The first kappa shape index (κ1) is 17.4. The highest BCUT2D eigenvalue weighted by molar-refractivity contribution is 5.99. The Morgan fingerprint density at radius 3 is 2.31 bits per heavy atom. The van der Waals surface area contributed by atoms with Crippen LogP contribution >= 0.6 is 0 Å². The number of hydrogen-bond acceptors (Lipinski definition) is 3. The van der Waals surface area contributed by atoms with Gasteiger partial charge in [0.25, 0.3) is 5.91 Å². The lowest BCUT2D eigenvalue weighted by atomic mass is 9.98. The van der Waals surface area contributed by atoms with Crippen LogP contribution in [0.5, 0.6) is 0 Å². The maximum absolute atomic E-state index is 13.8. The van der Waals surface area contributed by atoms with E-state index in [0.717, 1.165) is 17.2 Å². The maximum Gasteiger partial charge on any atom is 0.291 e. The zero-order valence-corrected chi connectivity index (χ0v) is 15.3. The molecule has 0 spiro atoms. The van der Waals surface area contributed by atoms with Crippen LogP contribution in [-0.4, -0.2) is 10.8 Å². The zero-order valence-electron chi connectivity index (χ0n) is 15.3. The lowest BCUT2D eigenvalue weighted by Crippen LogP contribution is -2.29. The third-order valence-electron chi connectivity index (χ3n) is 5.24. The fourth-order valence-corrected chi connectivity index (χ4v) is 3.92. The molecule has 1 amide bonds. The van der Waals surface area contributed by atoms with Crippen LogP contribution in [0.3, 0.4) is 0 Å². The molecule has 0 unspecified atom stereocenters. The van der Waals surface area contributed by atoms with Gasteiger partial charge in [-0.05, 0) is 29.3 Å². The van der Waals surface area contributed by atoms with Crippen molar-refractivity contribution in [1.29, 1.82) is 0 Å². The molecule has 0 fully saturated rings. The standard InChI is InChI=1S/C24H16FNO3/c25-17-11-12-19-18(13-17)22(27)20-21(16-9-5-2-6-10-16)26(24(28)23(20)29-19)14-15-7-3-1-4-8-15/h1-13,21H,14H2/t21-/m0/s1. The number of carbonyl (C=O) groups excluding carboxylic acids is 1. The predicted octanol–water partition coefficient (Wildman–Crippen LogP) is 4.68. The summed E-state index contributed by atoms with van der Waals surface area (Å²) in [4.78, 5) is 28.2. The Balaban J connectivity index is 1.74. The topological polar surface area (TPSA) is 50.5 Å². The monoisotopic (exact) mass is 385 g/mol. The Labute approximate surface area is 165 Å². The number of rotatable bonds is 3. The van der Waals surface area contributed by atoms with Crippen molar-refractivity contribution in [2.45, 2.75) is 12.6 Å². The minimum atomic E-state index is -0.595. The molecular weight excluding hydrogens is 369 g/mol. The van der Waals surface area contributed by atoms with E-state index in [1.807, 2.05) is 60.7 Å². The molecule has 1 atom stereocenters. The minimum absolute atomic E-state index is 0.0268. The Hall–Kier alpha value is -3.73. The van der Waals surface area contributed by atoms with Gasteiger partial charge in [-0.1, -0.05) is 60.7 Å². The van der Waals surface area contributed by atoms with E-state index >= 15 is 0 Å². The summed E-state index contributed by atoms with van der Waals surface area (Å²) in [5.74, 6) is -0.841. The zero-order chi connectivity index (χ0) is 20.0. The molecule has 29 heavy (non-hydrogen) atoms. The highest BCUT2D eigenvalue weighted by atomic mass is 19.1. The van der Waals surface area contributed by atoms with Crippen molar-refractivity contribution >= 4 is 16.9 Å². The van der Waals surface area contributed by atoms with Gasteiger partial charge in [0.05, 0.1) is 17.0 Å². The van der Waals surface area contributed by atoms with Crippen molar-refractivity contribution in [3.63, 3.8) is 0 Å². The van der Waals surface area contributed by atoms with Gasteiger partial charge in [-0.25, -0.2) is 4.39 Å². The molecule has 0 N–H and O–H groups in total. The number of halogens is 1. The first-order valence-electron chi connectivity index (χ1n) is 9.29. The average molecular weight is 385 g/mol. The van der Waals surface area contributed by atoms with Crippen LogP contribution in [0.15, 0.2) is 88.1 Å². The fourth-order valence-electron chi connectivity index (χ4n) is 3.92. The highest BCUT2D eigenvalue weighted by Gasteiger charge is 2.42. The van der Waals surface area contributed by atoms with Crippen LogP contribution in [0.25, 0.3) is 11.0 Å². The molecule has 0 aliphatic carbocycles. The average Bonchev–Trinajstić information content (AvgIpc) is 3.02. The molecule has 1 aliphatic heterocycles. The number of hydrogen-bond donors (Lipinski definition) is 0. The molecule has 2 heterocycles. The second-order valence-corrected chi connectivity index (χ2v) is 7.05. The van der Waals surface area contributed by atoms with Gasteiger partial charge in [0.1, 0.15) is 11.4 Å². The first-order valence-corrected chi connectivity index (χ1v) is 9.29. The van der Waals surface area contributed by atoms with E-state index in [2.05, 4.69) is 0 Å².